The Labute approximate surface area is 91.1 Å². The Morgan fingerprint density at radius 3 is 2.46 bits per heavy atom. The quantitative estimate of drug-likeness (QED) is 0.879. The number of hydrogen-bond acceptors (Lipinski definition) is 3. The van der Waals surface area contributed by atoms with E-state index in [2.05, 4.69) is 21.2 Å². The van der Waals surface area contributed by atoms with E-state index in [4.69, 9.17) is 0 Å². The van der Waals surface area contributed by atoms with Crippen LogP contribution in [0.2, 0.25) is 0 Å². The van der Waals surface area contributed by atoms with Gasteiger partial charge >= 0.3 is 0 Å². The minimum Gasteiger partial charge on any atom is -0.388 e. The molecule has 0 radical (unpaired) electrons. The fourth-order valence-electron chi connectivity index (χ4n) is 1.33. The molecule has 2 N–H and O–H groups in total. The first kappa shape index (κ1) is 11.2. The van der Waals surface area contributed by atoms with Gasteiger partial charge in [0.1, 0.15) is 0 Å². The molecule has 1 unspecified atom stereocenters. The first-order valence-corrected chi connectivity index (χ1v) is 5.71. The van der Waals surface area contributed by atoms with E-state index < -0.39 is 5.60 Å². The number of thiophene rings is 1. The van der Waals surface area contributed by atoms with Gasteiger partial charge in [-0.1, -0.05) is 0 Å². The lowest BCUT2D eigenvalue weighted by atomic mass is 9.98. The molecule has 74 valence electrons. The number of rotatable bonds is 3. The molecule has 0 saturated carbocycles. The summed E-state index contributed by atoms with van der Waals surface area (Å²) in [5.74, 6) is 0. The van der Waals surface area contributed by atoms with E-state index in [0.29, 0.717) is 0 Å². The Kier molecular flexibility index (Phi) is 3.51. The molecule has 0 amide bonds. The molecule has 1 aromatic rings. The molecule has 0 aliphatic heterocycles. The molecule has 0 aromatic carbocycles. The van der Waals surface area contributed by atoms with E-state index in [9.17, 15) is 5.11 Å². The van der Waals surface area contributed by atoms with Gasteiger partial charge < -0.3 is 10.4 Å². The minimum absolute atomic E-state index is 0.0104. The van der Waals surface area contributed by atoms with Crippen LogP contribution in [0.3, 0.4) is 0 Å². The van der Waals surface area contributed by atoms with Crippen LogP contribution in [0.1, 0.15) is 24.8 Å². The smallest absolute Gasteiger partial charge is 0.0793 e. The highest BCUT2D eigenvalue weighted by atomic mass is 79.9. The molecule has 1 aromatic heterocycles. The predicted octanol–water partition coefficient (Wildman–Crippen LogP) is 2.54. The Morgan fingerprint density at radius 1 is 1.54 bits per heavy atom. The molecule has 1 atom stereocenters. The molecule has 1 heterocycles. The zero-order valence-corrected chi connectivity index (χ0v) is 10.4. The Hall–Kier alpha value is 0.1000. The summed E-state index contributed by atoms with van der Waals surface area (Å²) in [4.78, 5) is 1.14. The third-order valence-electron chi connectivity index (χ3n) is 1.87. The summed E-state index contributed by atoms with van der Waals surface area (Å²) >= 11 is 5.05. The van der Waals surface area contributed by atoms with E-state index in [1.165, 1.54) is 0 Å². The second-order valence-electron chi connectivity index (χ2n) is 3.52. The van der Waals surface area contributed by atoms with Crippen LogP contribution in [0, 0.1) is 0 Å². The van der Waals surface area contributed by atoms with Crippen LogP contribution in [0.5, 0.6) is 0 Å². The van der Waals surface area contributed by atoms with Crippen LogP contribution in [0.4, 0.5) is 0 Å². The average molecular weight is 264 g/mol. The van der Waals surface area contributed by atoms with Crippen molar-refractivity contribution in [2.75, 3.05) is 7.05 Å². The van der Waals surface area contributed by atoms with Crippen molar-refractivity contribution in [2.45, 2.75) is 25.5 Å². The number of aliphatic hydroxyl groups is 1. The van der Waals surface area contributed by atoms with Gasteiger partial charge in [0.05, 0.1) is 15.4 Å². The molecule has 0 spiro atoms. The summed E-state index contributed by atoms with van der Waals surface area (Å²) in [6, 6.07) is 4.01. The number of hydrogen-bond donors (Lipinski definition) is 2. The van der Waals surface area contributed by atoms with Crippen LogP contribution in [0.15, 0.2) is 15.9 Å². The van der Waals surface area contributed by atoms with Gasteiger partial charge in [-0.25, -0.2) is 0 Å². The maximum absolute atomic E-state index is 9.87. The molecule has 4 heteroatoms. The van der Waals surface area contributed by atoms with Crippen molar-refractivity contribution in [1.82, 2.24) is 5.32 Å². The molecule has 1 rings (SSSR count). The normalized spacial score (nSPS) is 14.5. The lowest BCUT2D eigenvalue weighted by Crippen LogP contribution is -2.36. The second-order valence-corrected chi connectivity index (χ2v) is 6.01. The van der Waals surface area contributed by atoms with Gasteiger partial charge in [-0.2, -0.15) is 0 Å². The Bertz CT molecular complexity index is 279. The van der Waals surface area contributed by atoms with E-state index in [0.717, 1.165) is 8.66 Å². The number of halogens is 1. The summed E-state index contributed by atoms with van der Waals surface area (Å²) in [6.07, 6.45) is 0. The van der Waals surface area contributed by atoms with E-state index >= 15 is 0 Å². The van der Waals surface area contributed by atoms with Gasteiger partial charge in [-0.05, 0) is 49.0 Å². The van der Waals surface area contributed by atoms with E-state index in [1.807, 2.05) is 33.0 Å². The summed E-state index contributed by atoms with van der Waals surface area (Å²) in [5.41, 5.74) is -0.737. The molecule has 0 fully saturated rings. The molecule has 0 bridgehead atoms. The van der Waals surface area contributed by atoms with Crippen molar-refractivity contribution in [1.29, 1.82) is 0 Å². The highest BCUT2D eigenvalue weighted by Gasteiger charge is 2.27. The van der Waals surface area contributed by atoms with Crippen LogP contribution < -0.4 is 5.32 Å². The maximum Gasteiger partial charge on any atom is 0.0793 e. The largest absolute Gasteiger partial charge is 0.388 e. The summed E-state index contributed by atoms with van der Waals surface area (Å²) in [5, 5.41) is 13.0. The third-order valence-corrected chi connectivity index (χ3v) is 3.56. The predicted molar refractivity (Wildman–Crippen MR) is 60.1 cm³/mol. The standard InChI is InChI=1S/C9H14BrNOS/c1-9(2,12)8(11-3)6-4-5-7(10)13-6/h4-5,8,11-12H,1-3H3. The van der Waals surface area contributed by atoms with Gasteiger partial charge in [0.2, 0.25) is 0 Å². The van der Waals surface area contributed by atoms with Gasteiger partial charge in [0.25, 0.3) is 0 Å². The Balaban J connectivity index is 2.91. The molecular weight excluding hydrogens is 250 g/mol. The van der Waals surface area contributed by atoms with Crippen molar-refractivity contribution < 1.29 is 5.11 Å². The first-order chi connectivity index (χ1) is 5.95. The number of nitrogens with one attached hydrogen (secondary N) is 1. The zero-order valence-electron chi connectivity index (χ0n) is 7.97. The molecular formula is C9H14BrNOS. The van der Waals surface area contributed by atoms with Gasteiger partial charge in [0, 0.05) is 4.88 Å². The highest BCUT2D eigenvalue weighted by molar-refractivity contribution is 9.11. The lowest BCUT2D eigenvalue weighted by Gasteiger charge is -2.27. The minimum atomic E-state index is -0.737. The Morgan fingerprint density at radius 2 is 2.15 bits per heavy atom. The second kappa shape index (κ2) is 4.09. The van der Waals surface area contributed by atoms with E-state index in [1.54, 1.807) is 11.3 Å². The van der Waals surface area contributed by atoms with E-state index in [-0.39, 0.29) is 6.04 Å². The van der Waals surface area contributed by atoms with Crippen molar-refractivity contribution >= 4 is 27.3 Å². The third kappa shape index (κ3) is 2.77. The van der Waals surface area contributed by atoms with Crippen molar-refractivity contribution in [3.05, 3.63) is 20.8 Å². The van der Waals surface area contributed by atoms with Crippen LogP contribution in [0.25, 0.3) is 0 Å². The molecule has 13 heavy (non-hydrogen) atoms. The van der Waals surface area contributed by atoms with Gasteiger partial charge in [-0.15, -0.1) is 11.3 Å². The fraction of sp³-hybridized carbons (Fsp3) is 0.556. The van der Waals surface area contributed by atoms with Crippen molar-refractivity contribution in [3.8, 4) is 0 Å². The maximum atomic E-state index is 9.87. The number of likely N-dealkylation sites (N-methyl/N-ethyl adjacent to an activating group) is 1. The fourth-order valence-corrected chi connectivity index (χ4v) is 3.04. The monoisotopic (exact) mass is 263 g/mol. The van der Waals surface area contributed by atoms with Crippen molar-refractivity contribution in [2.24, 2.45) is 0 Å². The zero-order chi connectivity index (χ0) is 10.1. The highest BCUT2D eigenvalue weighted by Crippen LogP contribution is 2.32. The van der Waals surface area contributed by atoms with Gasteiger partial charge in [-0.3, -0.25) is 0 Å². The van der Waals surface area contributed by atoms with Crippen LogP contribution in [-0.2, 0) is 0 Å². The SMILES string of the molecule is CNC(c1ccc(Br)s1)C(C)(C)O. The molecule has 0 aliphatic rings. The van der Waals surface area contributed by atoms with Crippen molar-refractivity contribution in [3.63, 3.8) is 0 Å². The molecule has 2 nitrogen and oxygen atoms in total. The first-order valence-electron chi connectivity index (χ1n) is 4.10. The molecule has 0 saturated heterocycles. The van der Waals surface area contributed by atoms with Crippen LogP contribution >= 0.6 is 27.3 Å². The molecule has 0 aliphatic carbocycles. The summed E-state index contributed by atoms with van der Waals surface area (Å²) in [7, 11) is 1.86. The summed E-state index contributed by atoms with van der Waals surface area (Å²) < 4.78 is 1.09. The van der Waals surface area contributed by atoms with Gasteiger partial charge in [0.15, 0.2) is 0 Å². The average Bonchev–Trinajstić information content (AvgIpc) is 2.34. The lowest BCUT2D eigenvalue weighted by molar-refractivity contribution is 0.0413. The summed E-state index contributed by atoms with van der Waals surface area (Å²) in [6.45, 7) is 3.61. The van der Waals surface area contributed by atoms with Crippen LogP contribution in [-0.4, -0.2) is 17.8 Å². The topological polar surface area (TPSA) is 32.3 Å².